The summed E-state index contributed by atoms with van der Waals surface area (Å²) in [5.41, 5.74) is 3.40. The van der Waals surface area contributed by atoms with Crippen molar-refractivity contribution in [1.82, 2.24) is 0 Å². The average molecular weight is 619 g/mol. The number of benzene rings is 5. The Labute approximate surface area is 285 Å². The van der Waals surface area contributed by atoms with Gasteiger partial charge in [0.05, 0.1) is 9.79 Å². The molecule has 0 saturated carbocycles. The maximum atomic E-state index is 11.2. The number of rotatable bonds is 7. The van der Waals surface area contributed by atoms with E-state index < -0.39 is 28.2 Å². The molecule has 0 aromatic heterocycles. The minimum absolute atomic E-state index is 0. The van der Waals surface area contributed by atoms with E-state index in [1.807, 2.05) is 42.5 Å². The Bertz CT molecular complexity index is 1690. The van der Waals surface area contributed by atoms with E-state index in [0.29, 0.717) is 0 Å². The summed E-state index contributed by atoms with van der Waals surface area (Å²) in [7, 11) is -9.88. The maximum absolute atomic E-state index is 11.2. The van der Waals surface area contributed by atoms with Crippen molar-refractivity contribution in [3.8, 4) is 22.3 Å². The van der Waals surface area contributed by atoms with E-state index in [9.17, 15) is 25.9 Å². The first-order valence-corrected chi connectivity index (χ1v) is 15.9. The maximum Gasteiger partial charge on any atom is 1.00 e. The predicted octanol–water partition coefficient (Wildman–Crippen LogP) is -1.40. The molecule has 5 rings (SSSR count). The van der Waals surface area contributed by atoms with Gasteiger partial charge in [-0.15, -0.1) is 0 Å². The summed E-state index contributed by atoms with van der Waals surface area (Å²) in [5, 5.41) is 3.41. The van der Waals surface area contributed by atoms with Crippen molar-refractivity contribution in [2.24, 2.45) is 0 Å². The number of hydrogen-bond acceptors (Lipinski definition) is 6. The zero-order chi connectivity index (χ0) is 27.6. The summed E-state index contributed by atoms with van der Waals surface area (Å²) < 4.78 is 67.4. The Morgan fingerprint density at radius 2 is 0.659 bits per heavy atom. The second kappa shape index (κ2) is 14.2. The smallest absolute Gasteiger partial charge is 0.744 e. The molecule has 0 spiro atoms. The van der Waals surface area contributed by atoms with Gasteiger partial charge >= 0.3 is 59.1 Å². The summed E-state index contributed by atoms with van der Waals surface area (Å²) in [6.45, 7) is 0. The van der Waals surface area contributed by atoms with E-state index in [-0.39, 0.29) is 68.9 Å². The molecule has 196 valence electrons. The van der Waals surface area contributed by atoms with Crippen molar-refractivity contribution in [2.45, 2.75) is 9.79 Å². The molecule has 0 aliphatic rings. The van der Waals surface area contributed by atoms with E-state index in [1.54, 1.807) is 24.3 Å². The van der Waals surface area contributed by atoms with Gasteiger partial charge in [0.25, 0.3) is 0 Å². The molecule has 0 unspecified atom stereocenters. The Morgan fingerprint density at radius 3 is 0.951 bits per heavy atom. The van der Waals surface area contributed by atoms with Crippen LogP contribution >= 0.6 is 7.92 Å². The molecule has 0 bridgehead atoms. The van der Waals surface area contributed by atoms with Crippen LogP contribution in [0.5, 0.6) is 0 Å². The predicted molar refractivity (Wildman–Crippen MR) is 152 cm³/mol. The Hall–Kier alpha value is -1.65. The topological polar surface area (TPSA) is 114 Å². The van der Waals surface area contributed by atoms with Crippen LogP contribution in [0.2, 0.25) is 0 Å². The van der Waals surface area contributed by atoms with Gasteiger partial charge in [-0.1, -0.05) is 103 Å². The van der Waals surface area contributed by atoms with Gasteiger partial charge in [-0.3, -0.25) is 0 Å². The summed E-state index contributed by atoms with van der Waals surface area (Å²) in [4.78, 5) is -0.518. The fourth-order valence-electron chi connectivity index (χ4n) is 4.26. The fourth-order valence-corrected chi connectivity index (χ4v) is 7.46. The molecule has 0 N–H and O–H groups in total. The van der Waals surface area contributed by atoms with Gasteiger partial charge < -0.3 is 9.11 Å². The van der Waals surface area contributed by atoms with Crippen LogP contribution in [0.25, 0.3) is 22.3 Å². The second-order valence-electron chi connectivity index (χ2n) is 8.72. The van der Waals surface area contributed by atoms with Gasteiger partial charge in [-0.2, -0.15) is 0 Å². The van der Waals surface area contributed by atoms with Gasteiger partial charge in [0.1, 0.15) is 20.2 Å². The normalized spacial score (nSPS) is 11.4. The molecule has 0 atom stereocenters. The van der Waals surface area contributed by atoms with Crippen molar-refractivity contribution in [2.75, 3.05) is 0 Å². The minimum Gasteiger partial charge on any atom is -0.744 e. The van der Waals surface area contributed by atoms with Crippen LogP contribution in [-0.2, 0) is 20.2 Å². The van der Waals surface area contributed by atoms with Crippen molar-refractivity contribution < 1.29 is 85.1 Å². The van der Waals surface area contributed by atoms with E-state index >= 15 is 0 Å². The molecular formula is C30H21Na2O6PS2. The van der Waals surface area contributed by atoms with Crippen LogP contribution in [0.1, 0.15) is 0 Å². The second-order valence-corrected chi connectivity index (χ2v) is 13.7. The summed E-state index contributed by atoms with van der Waals surface area (Å²) >= 11 is 0. The molecule has 11 heteroatoms. The molecule has 0 aliphatic heterocycles. The largest absolute Gasteiger partial charge is 1.00 e. The van der Waals surface area contributed by atoms with Crippen molar-refractivity contribution in [1.29, 1.82) is 0 Å². The Morgan fingerprint density at radius 1 is 0.390 bits per heavy atom. The standard InChI is InChI=1S/C30H23O6PS2.2Na/c31-38(32,33)29-18-10-24(11-19-29)22-6-14-27(15-7-22)37(26-4-2-1-3-5-26)28-16-8-23(9-17-28)25-12-20-30(21-13-25)39(34,35)36;;/h1-21H,(H,31,32,33)(H,34,35,36);;/q;2*+1/p-2. The zero-order valence-electron chi connectivity index (χ0n) is 22.3. The third-order valence-electron chi connectivity index (χ3n) is 6.22. The molecule has 0 radical (unpaired) electrons. The Kier molecular flexibility index (Phi) is 11.7. The van der Waals surface area contributed by atoms with E-state index in [4.69, 9.17) is 0 Å². The molecular weight excluding hydrogens is 597 g/mol. The third kappa shape index (κ3) is 8.25. The molecule has 6 nitrogen and oxygen atoms in total. The molecule has 0 aliphatic carbocycles. The summed E-state index contributed by atoms with van der Waals surface area (Å²) in [6, 6.07) is 38.1. The van der Waals surface area contributed by atoms with Crippen LogP contribution < -0.4 is 75.0 Å². The molecule has 0 saturated heterocycles. The van der Waals surface area contributed by atoms with Crippen LogP contribution in [0.15, 0.2) is 137 Å². The zero-order valence-corrected chi connectivity index (χ0v) is 28.9. The molecule has 41 heavy (non-hydrogen) atoms. The number of hydrogen-bond donors (Lipinski definition) is 0. The molecule has 0 amide bonds. The molecule has 0 heterocycles. The summed E-state index contributed by atoms with van der Waals surface area (Å²) in [6.07, 6.45) is 0. The SMILES string of the molecule is O=S(=O)([O-])c1ccc(-c2ccc(P(c3ccccc3)c3ccc(-c4ccc(S(=O)(=O)[O-])cc4)cc3)cc2)cc1.[Na+].[Na+]. The monoisotopic (exact) mass is 618 g/mol. The van der Waals surface area contributed by atoms with Gasteiger partial charge in [0, 0.05) is 0 Å². The fraction of sp³-hybridized carbons (Fsp3) is 0. The van der Waals surface area contributed by atoms with Gasteiger partial charge in [0.2, 0.25) is 0 Å². The first kappa shape index (κ1) is 33.8. The molecule has 0 fully saturated rings. The van der Waals surface area contributed by atoms with Gasteiger partial charge in [-0.05, 0) is 70.4 Å². The first-order valence-electron chi connectivity index (χ1n) is 11.8. The van der Waals surface area contributed by atoms with Crippen molar-refractivity contribution >= 4 is 44.1 Å². The van der Waals surface area contributed by atoms with E-state index in [2.05, 4.69) is 36.4 Å². The summed E-state index contributed by atoms with van der Waals surface area (Å²) in [5.74, 6) is 0. The van der Waals surface area contributed by atoms with Gasteiger partial charge in [-0.25, -0.2) is 16.8 Å². The third-order valence-corrected chi connectivity index (χ3v) is 10.4. The Balaban J connectivity index is 0.00000231. The average Bonchev–Trinajstić information content (AvgIpc) is 2.94. The minimum atomic E-state index is -4.49. The van der Waals surface area contributed by atoms with Crippen molar-refractivity contribution in [3.63, 3.8) is 0 Å². The van der Waals surface area contributed by atoms with Crippen LogP contribution in [0.4, 0.5) is 0 Å². The van der Waals surface area contributed by atoms with E-state index in [1.165, 1.54) is 29.6 Å². The van der Waals surface area contributed by atoms with Crippen LogP contribution in [0.3, 0.4) is 0 Å². The van der Waals surface area contributed by atoms with Gasteiger partial charge in [0.15, 0.2) is 0 Å². The van der Waals surface area contributed by atoms with Crippen molar-refractivity contribution in [3.05, 3.63) is 127 Å². The van der Waals surface area contributed by atoms with Crippen LogP contribution in [-0.4, -0.2) is 25.9 Å². The first-order chi connectivity index (χ1) is 18.6. The van der Waals surface area contributed by atoms with E-state index in [0.717, 1.165) is 32.9 Å². The molecule has 5 aromatic carbocycles. The van der Waals surface area contributed by atoms with Crippen LogP contribution in [0, 0.1) is 0 Å². The quantitative estimate of drug-likeness (QED) is 0.126. The molecule has 5 aromatic rings.